The van der Waals surface area contributed by atoms with Crippen molar-refractivity contribution in [3.05, 3.63) is 48.7 Å². The standard InChI is InChI=1S/C16H19N3O/c1-4-13-10-20-16(11(2)3)15-14(17-18-19(13)15)12-8-6-5-7-9-12/h4-9,11,13,16H,1,10H2,2-3H3/t13-,16-/m0/s1. The molecule has 1 aromatic heterocycles. The second-order valence-corrected chi connectivity index (χ2v) is 5.43. The minimum Gasteiger partial charge on any atom is -0.369 e. The monoisotopic (exact) mass is 269 g/mol. The molecule has 3 rings (SSSR count). The molecule has 0 unspecified atom stereocenters. The van der Waals surface area contributed by atoms with Gasteiger partial charge < -0.3 is 4.74 Å². The quantitative estimate of drug-likeness (QED) is 0.802. The first-order valence-corrected chi connectivity index (χ1v) is 6.97. The lowest BCUT2D eigenvalue weighted by Crippen LogP contribution is -2.29. The van der Waals surface area contributed by atoms with E-state index in [-0.39, 0.29) is 12.1 Å². The van der Waals surface area contributed by atoms with Crippen molar-refractivity contribution in [3.63, 3.8) is 0 Å². The van der Waals surface area contributed by atoms with Gasteiger partial charge in [0.15, 0.2) is 0 Å². The smallest absolute Gasteiger partial charge is 0.118 e. The van der Waals surface area contributed by atoms with Crippen LogP contribution in [0.1, 0.15) is 31.7 Å². The minimum absolute atomic E-state index is 0.0245. The van der Waals surface area contributed by atoms with E-state index in [1.165, 1.54) is 0 Å². The lowest BCUT2D eigenvalue weighted by Gasteiger charge is -2.31. The summed E-state index contributed by atoms with van der Waals surface area (Å²) in [7, 11) is 0. The van der Waals surface area contributed by atoms with Gasteiger partial charge in [-0.3, -0.25) is 0 Å². The Bertz CT molecular complexity index is 603. The van der Waals surface area contributed by atoms with E-state index < -0.39 is 0 Å². The fourth-order valence-corrected chi connectivity index (χ4v) is 2.64. The maximum absolute atomic E-state index is 6.02. The second-order valence-electron chi connectivity index (χ2n) is 5.43. The van der Waals surface area contributed by atoms with E-state index in [1.807, 2.05) is 29.0 Å². The molecule has 4 nitrogen and oxygen atoms in total. The van der Waals surface area contributed by atoms with Crippen molar-refractivity contribution < 1.29 is 4.74 Å². The molecule has 0 amide bonds. The minimum atomic E-state index is 0.0245. The third-order valence-corrected chi connectivity index (χ3v) is 3.69. The van der Waals surface area contributed by atoms with Gasteiger partial charge in [-0.2, -0.15) is 0 Å². The maximum atomic E-state index is 6.02. The molecule has 2 atom stereocenters. The van der Waals surface area contributed by atoms with Crippen molar-refractivity contribution in [1.82, 2.24) is 15.0 Å². The summed E-state index contributed by atoms with van der Waals surface area (Å²) in [4.78, 5) is 0. The molecule has 1 aliphatic heterocycles. The highest BCUT2D eigenvalue weighted by Crippen LogP contribution is 2.38. The summed E-state index contributed by atoms with van der Waals surface area (Å²) in [5, 5.41) is 8.72. The Morgan fingerprint density at radius 2 is 2.10 bits per heavy atom. The van der Waals surface area contributed by atoms with E-state index in [4.69, 9.17) is 4.74 Å². The number of ether oxygens (including phenoxy) is 1. The lowest BCUT2D eigenvalue weighted by molar-refractivity contribution is -0.0206. The van der Waals surface area contributed by atoms with E-state index in [0.717, 1.165) is 17.0 Å². The molecule has 0 saturated carbocycles. The van der Waals surface area contributed by atoms with Crippen molar-refractivity contribution >= 4 is 0 Å². The highest BCUT2D eigenvalue weighted by molar-refractivity contribution is 5.62. The van der Waals surface area contributed by atoms with Gasteiger partial charge in [0, 0.05) is 5.56 Å². The molecule has 0 N–H and O–H groups in total. The van der Waals surface area contributed by atoms with Gasteiger partial charge in [0.25, 0.3) is 0 Å². The van der Waals surface area contributed by atoms with Crippen LogP contribution in [0.5, 0.6) is 0 Å². The van der Waals surface area contributed by atoms with Gasteiger partial charge >= 0.3 is 0 Å². The van der Waals surface area contributed by atoms with Gasteiger partial charge in [-0.1, -0.05) is 55.5 Å². The molecule has 0 bridgehead atoms. The number of aromatic nitrogens is 3. The van der Waals surface area contributed by atoms with Crippen LogP contribution in [-0.4, -0.2) is 21.6 Å². The third kappa shape index (κ3) is 2.06. The molecule has 1 aliphatic rings. The number of rotatable bonds is 3. The van der Waals surface area contributed by atoms with Crippen molar-refractivity contribution in [2.45, 2.75) is 26.0 Å². The molecule has 0 radical (unpaired) electrons. The number of hydrogen-bond acceptors (Lipinski definition) is 3. The molecule has 0 aliphatic carbocycles. The summed E-state index contributed by atoms with van der Waals surface area (Å²) >= 11 is 0. The van der Waals surface area contributed by atoms with Crippen LogP contribution >= 0.6 is 0 Å². The average Bonchev–Trinajstić information content (AvgIpc) is 2.91. The van der Waals surface area contributed by atoms with Crippen LogP contribution in [0.4, 0.5) is 0 Å². The van der Waals surface area contributed by atoms with Crippen LogP contribution < -0.4 is 0 Å². The van der Waals surface area contributed by atoms with Crippen LogP contribution in [0, 0.1) is 5.92 Å². The summed E-state index contributed by atoms with van der Waals surface area (Å²) in [6, 6.07) is 10.2. The summed E-state index contributed by atoms with van der Waals surface area (Å²) in [5.41, 5.74) is 3.05. The number of fused-ring (bicyclic) bond motifs is 1. The van der Waals surface area contributed by atoms with E-state index in [2.05, 4.69) is 42.9 Å². The Kier molecular flexibility index (Phi) is 3.40. The Morgan fingerprint density at radius 3 is 2.75 bits per heavy atom. The number of benzene rings is 1. The number of nitrogens with zero attached hydrogens (tertiary/aromatic N) is 3. The van der Waals surface area contributed by atoms with Gasteiger partial charge in [-0.15, -0.1) is 11.7 Å². The van der Waals surface area contributed by atoms with Gasteiger partial charge in [0.1, 0.15) is 11.8 Å². The lowest BCUT2D eigenvalue weighted by atomic mass is 9.97. The first-order valence-electron chi connectivity index (χ1n) is 6.97. The highest BCUT2D eigenvalue weighted by atomic mass is 16.5. The SMILES string of the molecule is C=C[C@H]1CO[C@@H](C(C)C)c2c(-c3ccccc3)nnn21. The Labute approximate surface area is 119 Å². The van der Waals surface area contributed by atoms with Crippen molar-refractivity contribution in [2.24, 2.45) is 5.92 Å². The fourth-order valence-electron chi connectivity index (χ4n) is 2.64. The summed E-state index contributed by atoms with van der Waals surface area (Å²) in [6.45, 7) is 8.79. The zero-order valence-corrected chi connectivity index (χ0v) is 11.9. The highest BCUT2D eigenvalue weighted by Gasteiger charge is 2.33. The predicted molar refractivity (Wildman–Crippen MR) is 78.2 cm³/mol. The van der Waals surface area contributed by atoms with E-state index in [9.17, 15) is 0 Å². The molecule has 0 saturated heterocycles. The molecule has 2 aromatic rings. The van der Waals surface area contributed by atoms with Crippen LogP contribution in [-0.2, 0) is 4.74 Å². The van der Waals surface area contributed by atoms with E-state index >= 15 is 0 Å². The van der Waals surface area contributed by atoms with Gasteiger partial charge in [0.05, 0.1) is 18.3 Å². The zero-order chi connectivity index (χ0) is 14.1. The zero-order valence-electron chi connectivity index (χ0n) is 11.9. The normalized spacial score (nSPS) is 21.8. The topological polar surface area (TPSA) is 39.9 Å². The molecule has 4 heteroatoms. The Morgan fingerprint density at radius 1 is 1.35 bits per heavy atom. The van der Waals surface area contributed by atoms with Crippen LogP contribution in [0.3, 0.4) is 0 Å². The fraction of sp³-hybridized carbons (Fsp3) is 0.375. The molecule has 2 heterocycles. The third-order valence-electron chi connectivity index (χ3n) is 3.69. The Balaban J connectivity index is 2.15. The van der Waals surface area contributed by atoms with Gasteiger partial charge in [-0.25, -0.2) is 4.68 Å². The van der Waals surface area contributed by atoms with Crippen molar-refractivity contribution in [1.29, 1.82) is 0 Å². The van der Waals surface area contributed by atoms with Crippen molar-refractivity contribution in [3.8, 4) is 11.3 Å². The molecule has 104 valence electrons. The summed E-state index contributed by atoms with van der Waals surface area (Å²) in [6.07, 6.45) is 1.89. The average molecular weight is 269 g/mol. The predicted octanol–water partition coefficient (Wildman–Crippen LogP) is 3.40. The summed E-state index contributed by atoms with van der Waals surface area (Å²) in [5.74, 6) is 0.375. The summed E-state index contributed by atoms with van der Waals surface area (Å²) < 4.78 is 7.98. The van der Waals surface area contributed by atoms with E-state index in [0.29, 0.717) is 12.5 Å². The second kappa shape index (κ2) is 5.21. The van der Waals surface area contributed by atoms with Crippen LogP contribution in [0.25, 0.3) is 11.3 Å². The Hall–Kier alpha value is -1.94. The molecular weight excluding hydrogens is 250 g/mol. The van der Waals surface area contributed by atoms with Crippen molar-refractivity contribution in [2.75, 3.05) is 6.61 Å². The first kappa shape index (κ1) is 13.1. The van der Waals surface area contributed by atoms with Gasteiger partial charge in [-0.05, 0) is 5.92 Å². The largest absolute Gasteiger partial charge is 0.369 e. The molecular formula is C16H19N3O. The first-order chi connectivity index (χ1) is 9.72. The molecule has 0 spiro atoms. The maximum Gasteiger partial charge on any atom is 0.118 e. The van der Waals surface area contributed by atoms with Crippen LogP contribution in [0.2, 0.25) is 0 Å². The number of hydrogen-bond donors (Lipinski definition) is 0. The molecule has 1 aromatic carbocycles. The molecule has 20 heavy (non-hydrogen) atoms. The van der Waals surface area contributed by atoms with E-state index in [1.54, 1.807) is 0 Å². The van der Waals surface area contributed by atoms with Crippen LogP contribution in [0.15, 0.2) is 43.0 Å². The molecule has 0 fully saturated rings. The van der Waals surface area contributed by atoms with Gasteiger partial charge in [0.2, 0.25) is 0 Å².